The van der Waals surface area contributed by atoms with Gasteiger partial charge in [0.05, 0.1) is 22.1 Å². The van der Waals surface area contributed by atoms with E-state index in [-0.39, 0.29) is 13.8 Å². The molecule has 0 aromatic rings. The van der Waals surface area contributed by atoms with Gasteiger partial charge in [0.15, 0.2) is 13.1 Å². The second kappa shape index (κ2) is 6.80. The van der Waals surface area contributed by atoms with Gasteiger partial charge in [0, 0.05) is 0 Å². The van der Waals surface area contributed by atoms with E-state index >= 15 is 0 Å². The molecule has 0 bridgehead atoms. The summed E-state index contributed by atoms with van der Waals surface area (Å²) in [5.41, 5.74) is -7.63. The monoisotopic (exact) mass is 318 g/mol. The van der Waals surface area contributed by atoms with Gasteiger partial charge in [0.25, 0.3) is 0 Å². The molecule has 0 aromatic heterocycles. The van der Waals surface area contributed by atoms with E-state index in [0.29, 0.717) is 0 Å². The summed E-state index contributed by atoms with van der Waals surface area (Å²) in [5, 5.41) is 43.4. The molecule has 0 aliphatic rings. The number of hydrogen-bond donors (Lipinski definition) is 0. The van der Waals surface area contributed by atoms with E-state index in [9.17, 15) is 40.5 Å². The highest BCUT2D eigenvalue weighted by molar-refractivity contribution is 4.59. The van der Waals surface area contributed by atoms with E-state index in [1.165, 1.54) is 0 Å². The molecule has 0 N–H and O–H groups in total. The molecule has 0 aromatic carbocycles. The minimum absolute atomic E-state index is 0.107. The summed E-state index contributed by atoms with van der Waals surface area (Å²) in [4.78, 5) is 36.3. The maximum Gasteiger partial charge on any atom is 0.478 e. The Morgan fingerprint density at radius 3 is 1.24 bits per heavy atom. The molecule has 0 aliphatic heterocycles. The van der Waals surface area contributed by atoms with Crippen LogP contribution in [0.5, 0.6) is 0 Å². The SMILES string of the molecule is [2H]C([2H])(OC([2H])([2H])C(C)([N+](=O)[O-])[N+](=O)[O-])OC([2H])([2H])C(C)([N+](=O)[O-])[N+](=O)[O-]. The fraction of sp³-hybridized carbons (Fsp3) is 1.00. The summed E-state index contributed by atoms with van der Waals surface area (Å²) in [5.74, 6) is 0. The molecule has 0 amide bonds. The first-order valence-corrected chi connectivity index (χ1v) is 4.67. The van der Waals surface area contributed by atoms with Crippen LogP contribution < -0.4 is 0 Å². The molecule has 120 valence electrons. The van der Waals surface area contributed by atoms with Crippen molar-refractivity contribution in [2.24, 2.45) is 0 Å². The number of hydrogen-bond acceptors (Lipinski definition) is 10. The average Bonchev–Trinajstić information content (AvgIpc) is 2.41. The minimum atomic E-state index is -4.15. The van der Waals surface area contributed by atoms with Gasteiger partial charge < -0.3 is 9.47 Å². The molecule has 0 atom stereocenters. The van der Waals surface area contributed by atoms with Crippen molar-refractivity contribution in [1.82, 2.24) is 0 Å². The molecule has 21 heavy (non-hydrogen) atoms. The summed E-state index contributed by atoms with van der Waals surface area (Å²) < 4.78 is 51.3. The quantitative estimate of drug-likeness (QED) is 0.288. The highest BCUT2D eigenvalue weighted by atomic mass is 16.7. The predicted molar refractivity (Wildman–Crippen MR) is 61.6 cm³/mol. The van der Waals surface area contributed by atoms with Crippen LogP contribution in [0.3, 0.4) is 0 Å². The van der Waals surface area contributed by atoms with Crippen molar-refractivity contribution >= 4 is 0 Å². The van der Waals surface area contributed by atoms with E-state index in [0.717, 1.165) is 0 Å². The van der Waals surface area contributed by atoms with E-state index in [2.05, 4.69) is 9.47 Å². The lowest BCUT2D eigenvalue weighted by Crippen LogP contribution is -2.48. The highest BCUT2D eigenvalue weighted by Gasteiger charge is 2.52. The van der Waals surface area contributed by atoms with Gasteiger partial charge in [-0.2, -0.15) is 0 Å². The molecular formula is C7H12N4O10. The Kier molecular flexibility index (Phi) is 3.33. The fourth-order valence-corrected chi connectivity index (χ4v) is 0.538. The second-order valence-electron chi connectivity index (χ2n) is 3.56. The molecular weight excluding hydrogens is 300 g/mol. The van der Waals surface area contributed by atoms with E-state index in [1.54, 1.807) is 0 Å². The molecule has 0 heterocycles. The molecule has 0 fully saturated rings. The Balaban J connectivity index is 5.98. The summed E-state index contributed by atoms with van der Waals surface area (Å²) in [6, 6.07) is 0. The highest BCUT2D eigenvalue weighted by Crippen LogP contribution is 2.12. The fourth-order valence-electron chi connectivity index (χ4n) is 0.538. The third kappa shape index (κ3) is 4.25. The first-order chi connectivity index (χ1) is 11.7. The Bertz CT molecular complexity index is 588. The molecule has 0 saturated carbocycles. The lowest BCUT2D eigenvalue weighted by atomic mass is 10.2. The van der Waals surface area contributed by atoms with Crippen molar-refractivity contribution < 1.29 is 37.4 Å². The molecule has 0 unspecified atom stereocenters. The van der Waals surface area contributed by atoms with E-state index < -0.39 is 50.9 Å². The summed E-state index contributed by atoms with van der Waals surface area (Å²) in [6.45, 7) is -12.1. The second-order valence-corrected chi connectivity index (χ2v) is 3.56. The van der Waals surface area contributed by atoms with Gasteiger partial charge in [0.2, 0.25) is 0 Å². The lowest BCUT2D eigenvalue weighted by molar-refractivity contribution is -0.796. The number of rotatable bonds is 10. The van der Waals surface area contributed by atoms with Gasteiger partial charge in [-0.15, -0.1) is 0 Å². The molecule has 14 heteroatoms. The number of nitrogens with zero attached hydrogens (tertiary/aromatic N) is 4. The van der Waals surface area contributed by atoms with E-state index in [4.69, 9.17) is 8.22 Å². The van der Waals surface area contributed by atoms with Gasteiger partial charge in [-0.3, -0.25) is 40.5 Å². The van der Waals surface area contributed by atoms with Crippen LogP contribution in [0.25, 0.3) is 0 Å². The maximum atomic E-state index is 10.8. The van der Waals surface area contributed by atoms with Gasteiger partial charge >= 0.3 is 11.3 Å². The molecule has 0 radical (unpaired) electrons. The van der Waals surface area contributed by atoms with Crippen LogP contribution in [0.2, 0.25) is 0 Å². The first-order valence-electron chi connectivity index (χ1n) is 7.67. The molecule has 0 spiro atoms. The van der Waals surface area contributed by atoms with Crippen LogP contribution in [-0.4, -0.2) is 50.9 Å². The first kappa shape index (κ1) is 10.3. The van der Waals surface area contributed by atoms with Crippen molar-refractivity contribution in [3.8, 4) is 0 Å². The smallest absolute Gasteiger partial charge is 0.340 e. The Hall–Kier alpha value is -2.48. The molecule has 0 saturated heterocycles. The number of nitro groups is 4. The van der Waals surface area contributed by atoms with Crippen LogP contribution in [0.1, 0.15) is 22.1 Å². The average molecular weight is 318 g/mol. The zero-order valence-electron chi connectivity index (χ0n) is 16.4. The van der Waals surface area contributed by atoms with Gasteiger partial charge in [-0.1, -0.05) is 0 Å². The van der Waals surface area contributed by atoms with Crippen molar-refractivity contribution in [1.29, 1.82) is 0 Å². The van der Waals surface area contributed by atoms with Crippen LogP contribution >= 0.6 is 0 Å². The zero-order chi connectivity index (χ0) is 22.2. The van der Waals surface area contributed by atoms with Gasteiger partial charge in [-0.05, 0) is 0 Å². The van der Waals surface area contributed by atoms with E-state index in [1.807, 2.05) is 0 Å². The molecule has 14 nitrogen and oxygen atoms in total. The van der Waals surface area contributed by atoms with Crippen LogP contribution in [0.15, 0.2) is 0 Å². The van der Waals surface area contributed by atoms with Gasteiger partial charge in [-0.25, -0.2) is 0 Å². The van der Waals surface area contributed by atoms with Crippen LogP contribution in [0, 0.1) is 40.5 Å². The maximum absolute atomic E-state index is 10.8. The van der Waals surface area contributed by atoms with Crippen molar-refractivity contribution in [2.75, 3.05) is 19.9 Å². The van der Waals surface area contributed by atoms with Crippen LogP contribution in [-0.2, 0) is 9.47 Å². The predicted octanol–water partition coefficient (Wildman–Crippen LogP) is -0.484. The summed E-state index contributed by atoms with van der Waals surface area (Å²) in [6.07, 6.45) is 0. The topological polar surface area (TPSA) is 191 Å². The summed E-state index contributed by atoms with van der Waals surface area (Å²) >= 11 is 0. The third-order valence-electron chi connectivity index (χ3n) is 1.99. The Morgan fingerprint density at radius 1 is 0.810 bits per heavy atom. The third-order valence-corrected chi connectivity index (χ3v) is 1.99. The standard InChI is InChI=1S/C7H12N4O10/c1-6(8(12)13,9(14)15)3-20-5-21-4-7(2,10(16)17)11(18)19/h3-5H2,1-2H3/i3D2,4D2,5D2. The largest absolute Gasteiger partial charge is 0.478 e. The molecule has 0 rings (SSSR count). The zero-order valence-corrected chi connectivity index (χ0v) is 10.4. The van der Waals surface area contributed by atoms with Gasteiger partial charge in [0.1, 0.15) is 26.4 Å². The lowest BCUT2D eigenvalue weighted by Gasteiger charge is -2.14. The molecule has 0 aliphatic carbocycles. The number of ether oxygens (including phenoxy) is 2. The normalized spacial score (nSPS) is 18.2. The Morgan fingerprint density at radius 2 is 1.05 bits per heavy atom. The van der Waals surface area contributed by atoms with Crippen molar-refractivity contribution in [3.63, 3.8) is 0 Å². The Labute approximate surface area is 124 Å². The van der Waals surface area contributed by atoms with Crippen molar-refractivity contribution in [2.45, 2.75) is 25.2 Å². The summed E-state index contributed by atoms with van der Waals surface area (Å²) in [7, 11) is 0. The van der Waals surface area contributed by atoms with Crippen LogP contribution in [0.4, 0.5) is 0 Å². The van der Waals surface area contributed by atoms with Crippen molar-refractivity contribution in [3.05, 3.63) is 40.5 Å². The minimum Gasteiger partial charge on any atom is -0.340 e.